The second-order valence-corrected chi connectivity index (χ2v) is 5.43. The largest absolute Gasteiger partial charge is 0.396 e. The summed E-state index contributed by atoms with van der Waals surface area (Å²) in [5.74, 6) is -0.00935. The van der Waals surface area contributed by atoms with Crippen LogP contribution in [0.1, 0.15) is 20.3 Å². The second-order valence-electron chi connectivity index (χ2n) is 5.43. The maximum atomic E-state index is 12.4. The SMILES string of the molecule is COCC(CCO)NC(=O)C(C)(C)N1CCNCC1. The molecule has 1 amide bonds. The molecule has 0 aromatic heterocycles. The van der Waals surface area contributed by atoms with Crippen LogP contribution in [0.25, 0.3) is 0 Å². The Hall–Kier alpha value is -0.690. The highest BCUT2D eigenvalue weighted by atomic mass is 16.5. The van der Waals surface area contributed by atoms with Crippen molar-refractivity contribution in [1.29, 1.82) is 0 Å². The number of nitrogens with zero attached hydrogens (tertiary/aromatic N) is 1. The van der Waals surface area contributed by atoms with Gasteiger partial charge in [-0.25, -0.2) is 0 Å². The quantitative estimate of drug-likeness (QED) is 0.565. The van der Waals surface area contributed by atoms with Gasteiger partial charge in [0.15, 0.2) is 0 Å². The topological polar surface area (TPSA) is 73.8 Å². The van der Waals surface area contributed by atoms with Crippen molar-refractivity contribution in [1.82, 2.24) is 15.5 Å². The zero-order chi connectivity index (χ0) is 14.3. The first-order valence-corrected chi connectivity index (χ1v) is 6.89. The van der Waals surface area contributed by atoms with Crippen molar-refractivity contribution in [2.45, 2.75) is 31.8 Å². The normalized spacial score (nSPS) is 19.2. The summed E-state index contributed by atoms with van der Waals surface area (Å²) in [6.45, 7) is 7.91. The van der Waals surface area contributed by atoms with Crippen molar-refractivity contribution < 1.29 is 14.6 Å². The molecule has 1 rings (SSSR count). The van der Waals surface area contributed by atoms with Gasteiger partial charge in [-0.1, -0.05) is 0 Å². The number of methoxy groups -OCH3 is 1. The van der Waals surface area contributed by atoms with Crippen molar-refractivity contribution in [2.24, 2.45) is 0 Å². The predicted octanol–water partition coefficient (Wildman–Crippen LogP) is -0.816. The van der Waals surface area contributed by atoms with Crippen LogP contribution in [0, 0.1) is 0 Å². The number of amides is 1. The third-order valence-corrected chi connectivity index (χ3v) is 3.64. The summed E-state index contributed by atoms with van der Waals surface area (Å²) >= 11 is 0. The molecular formula is C13H27N3O3. The Labute approximate surface area is 115 Å². The van der Waals surface area contributed by atoms with Crippen LogP contribution >= 0.6 is 0 Å². The molecule has 0 bridgehead atoms. The summed E-state index contributed by atoms with van der Waals surface area (Å²) in [7, 11) is 1.60. The second kappa shape index (κ2) is 7.79. The van der Waals surface area contributed by atoms with Crippen LogP contribution in [0.3, 0.4) is 0 Å². The van der Waals surface area contributed by atoms with Gasteiger partial charge in [-0.2, -0.15) is 0 Å². The molecule has 1 aliphatic rings. The van der Waals surface area contributed by atoms with Gasteiger partial charge < -0.3 is 20.5 Å². The Morgan fingerprint density at radius 3 is 2.63 bits per heavy atom. The summed E-state index contributed by atoms with van der Waals surface area (Å²) in [6.07, 6.45) is 0.511. The average molecular weight is 273 g/mol. The minimum absolute atomic E-state index is 0.00935. The lowest BCUT2D eigenvalue weighted by molar-refractivity contribution is -0.133. The summed E-state index contributed by atoms with van der Waals surface area (Å²) in [5, 5.41) is 15.3. The molecule has 0 radical (unpaired) electrons. The van der Waals surface area contributed by atoms with Crippen molar-refractivity contribution in [3.05, 3.63) is 0 Å². The van der Waals surface area contributed by atoms with Gasteiger partial charge in [-0.05, 0) is 20.3 Å². The maximum Gasteiger partial charge on any atom is 0.240 e. The van der Waals surface area contributed by atoms with Crippen LogP contribution in [0.15, 0.2) is 0 Å². The van der Waals surface area contributed by atoms with Gasteiger partial charge in [0.1, 0.15) is 0 Å². The van der Waals surface area contributed by atoms with Crippen molar-refractivity contribution in [2.75, 3.05) is 46.5 Å². The van der Waals surface area contributed by atoms with Crippen molar-refractivity contribution in [3.8, 4) is 0 Å². The molecule has 6 nitrogen and oxygen atoms in total. The number of carbonyl (C=O) groups is 1. The average Bonchev–Trinajstić information content (AvgIpc) is 2.40. The van der Waals surface area contributed by atoms with Gasteiger partial charge in [0, 0.05) is 39.9 Å². The van der Waals surface area contributed by atoms with Crippen LogP contribution < -0.4 is 10.6 Å². The highest BCUT2D eigenvalue weighted by Gasteiger charge is 2.35. The van der Waals surface area contributed by atoms with Crippen molar-refractivity contribution >= 4 is 5.91 Å². The number of carbonyl (C=O) groups excluding carboxylic acids is 1. The minimum atomic E-state index is -0.538. The van der Waals surface area contributed by atoms with Gasteiger partial charge >= 0.3 is 0 Å². The third kappa shape index (κ3) is 4.72. The zero-order valence-corrected chi connectivity index (χ0v) is 12.2. The van der Waals surface area contributed by atoms with E-state index in [0.717, 1.165) is 26.2 Å². The Kier molecular flexibility index (Phi) is 6.71. The van der Waals surface area contributed by atoms with Crippen LogP contribution in [-0.2, 0) is 9.53 Å². The highest BCUT2D eigenvalue weighted by Crippen LogP contribution is 2.15. The van der Waals surface area contributed by atoms with E-state index in [2.05, 4.69) is 15.5 Å². The number of hydrogen-bond acceptors (Lipinski definition) is 5. The molecule has 6 heteroatoms. The molecule has 0 aliphatic carbocycles. The third-order valence-electron chi connectivity index (χ3n) is 3.64. The first-order valence-electron chi connectivity index (χ1n) is 6.89. The highest BCUT2D eigenvalue weighted by molar-refractivity contribution is 5.85. The molecule has 0 saturated carbocycles. The molecule has 0 aromatic carbocycles. The van der Waals surface area contributed by atoms with E-state index < -0.39 is 5.54 Å². The molecule has 112 valence electrons. The van der Waals surface area contributed by atoms with Crippen LogP contribution in [0.4, 0.5) is 0 Å². The molecule has 1 fully saturated rings. The lowest BCUT2D eigenvalue weighted by Crippen LogP contribution is -2.61. The monoisotopic (exact) mass is 273 g/mol. The molecule has 19 heavy (non-hydrogen) atoms. The molecule has 1 atom stereocenters. The van der Waals surface area contributed by atoms with Crippen LogP contribution in [-0.4, -0.2) is 74.0 Å². The summed E-state index contributed by atoms with van der Waals surface area (Å²) in [6, 6.07) is -0.135. The van der Waals surface area contributed by atoms with E-state index in [1.54, 1.807) is 7.11 Å². The number of hydrogen-bond donors (Lipinski definition) is 3. The minimum Gasteiger partial charge on any atom is -0.396 e. The van der Waals surface area contributed by atoms with Gasteiger partial charge in [-0.15, -0.1) is 0 Å². The van der Waals surface area contributed by atoms with Gasteiger partial charge in [0.05, 0.1) is 18.2 Å². The Bertz CT molecular complexity index is 272. The smallest absolute Gasteiger partial charge is 0.240 e. The number of nitrogens with one attached hydrogen (secondary N) is 2. The lowest BCUT2D eigenvalue weighted by atomic mass is 9.99. The molecule has 1 heterocycles. The standard InChI is InChI=1S/C13H27N3O3/c1-13(2,16-7-5-14-6-8-16)12(18)15-11(4-9-17)10-19-3/h11,14,17H,4-10H2,1-3H3,(H,15,18). The number of piperazine rings is 1. The van der Waals surface area contributed by atoms with E-state index in [1.807, 2.05) is 13.8 Å². The molecule has 1 saturated heterocycles. The number of aliphatic hydroxyl groups is 1. The van der Waals surface area contributed by atoms with Crippen LogP contribution in [0.5, 0.6) is 0 Å². The fraction of sp³-hybridized carbons (Fsp3) is 0.923. The maximum absolute atomic E-state index is 12.4. The fourth-order valence-electron chi connectivity index (χ4n) is 2.28. The number of aliphatic hydroxyl groups excluding tert-OH is 1. The van der Waals surface area contributed by atoms with Crippen LogP contribution in [0.2, 0.25) is 0 Å². The molecule has 3 N–H and O–H groups in total. The Balaban J connectivity index is 2.57. The van der Waals surface area contributed by atoms with E-state index in [9.17, 15) is 4.79 Å². The summed E-state index contributed by atoms with van der Waals surface area (Å²) in [5.41, 5.74) is -0.538. The summed E-state index contributed by atoms with van der Waals surface area (Å²) < 4.78 is 5.07. The lowest BCUT2D eigenvalue weighted by Gasteiger charge is -2.40. The van der Waals surface area contributed by atoms with Gasteiger partial charge in [0.25, 0.3) is 0 Å². The zero-order valence-electron chi connectivity index (χ0n) is 12.2. The van der Waals surface area contributed by atoms with E-state index in [-0.39, 0.29) is 18.6 Å². The van der Waals surface area contributed by atoms with Gasteiger partial charge in [-0.3, -0.25) is 9.69 Å². The first kappa shape index (κ1) is 16.4. The molecule has 0 aromatic rings. The molecule has 1 aliphatic heterocycles. The van der Waals surface area contributed by atoms with E-state index in [0.29, 0.717) is 13.0 Å². The molecule has 1 unspecified atom stereocenters. The number of rotatable bonds is 7. The Morgan fingerprint density at radius 2 is 2.11 bits per heavy atom. The van der Waals surface area contributed by atoms with Crippen molar-refractivity contribution in [3.63, 3.8) is 0 Å². The molecule has 0 spiro atoms. The van der Waals surface area contributed by atoms with E-state index in [4.69, 9.17) is 9.84 Å². The Morgan fingerprint density at radius 1 is 1.47 bits per heavy atom. The molecular weight excluding hydrogens is 246 g/mol. The van der Waals surface area contributed by atoms with E-state index in [1.165, 1.54) is 0 Å². The first-order chi connectivity index (χ1) is 9.02. The van der Waals surface area contributed by atoms with E-state index >= 15 is 0 Å². The number of ether oxygens (including phenoxy) is 1. The fourth-order valence-corrected chi connectivity index (χ4v) is 2.28. The summed E-state index contributed by atoms with van der Waals surface area (Å²) in [4.78, 5) is 14.6. The van der Waals surface area contributed by atoms with Gasteiger partial charge in [0.2, 0.25) is 5.91 Å². The predicted molar refractivity (Wildman–Crippen MR) is 74.0 cm³/mol.